The van der Waals surface area contributed by atoms with E-state index in [9.17, 15) is 4.39 Å². The molecule has 0 spiro atoms. The average Bonchev–Trinajstić information content (AvgIpc) is 2.77. The van der Waals surface area contributed by atoms with Crippen molar-refractivity contribution in [3.63, 3.8) is 0 Å². The highest BCUT2D eigenvalue weighted by Gasteiger charge is 2.29. The van der Waals surface area contributed by atoms with Crippen LogP contribution in [0.2, 0.25) is 10.0 Å². The molecule has 1 aromatic carbocycles. The molecule has 1 fully saturated rings. The molecule has 8 nitrogen and oxygen atoms in total. The van der Waals surface area contributed by atoms with Crippen molar-refractivity contribution in [3.05, 3.63) is 69.5 Å². The highest BCUT2D eigenvalue weighted by molar-refractivity contribution is 6.35. The molecule has 1 unspecified atom stereocenters. The minimum Gasteiger partial charge on any atom is -0.486 e. The van der Waals surface area contributed by atoms with Gasteiger partial charge in [0.05, 0.1) is 28.2 Å². The zero-order valence-electron chi connectivity index (χ0n) is 17.2. The number of hydrogen-bond acceptors (Lipinski definition) is 8. The SMILES string of the molecule is N#CCC1CCN1c1ncc(C(=N)c2cc(OCc3c(Cl)cncc3Cl)c(F)cc2N)cn1. The normalized spacial score (nSPS) is 15.0. The summed E-state index contributed by atoms with van der Waals surface area (Å²) in [6, 6.07) is 4.71. The molecule has 4 rings (SSSR count). The molecule has 0 bridgehead atoms. The lowest BCUT2D eigenvalue weighted by Gasteiger charge is -2.39. The van der Waals surface area contributed by atoms with Gasteiger partial charge < -0.3 is 15.4 Å². The van der Waals surface area contributed by atoms with Crippen LogP contribution in [-0.2, 0) is 6.61 Å². The van der Waals surface area contributed by atoms with Crippen LogP contribution in [0.3, 0.4) is 0 Å². The van der Waals surface area contributed by atoms with Gasteiger partial charge in [-0.05, 0) is 12.5 Å². The van der Waals surface area contributed by atoms with Gasteiger partial charge in [-0.2, -0.15) is 5.26 Å². The molecule has 0 amide bonds. The van der Waals surface area contributed by atoms with Crippen LogP contribution in [0.4, 0.5) is 16.0 Å². The van der Waals surface area contributed by atoms with Crippen molar-refractivity contribution in [1.29, 1.82) is 10.7 Å². The Morgan fingerprint density at radius 3 is 2.55 bits per heavy atom. The van der Waals surface area contributed by atoms with Gasteiger partial charge in [0.25, 0.3) is 0 Å². The van der Waals surface area contributed by atoms with Crippen molar-refractivity contribution in [2.45, 2.75) is 25.5 Å². The van der Waals surface area contributed by atoms with Crippen molar-refractivity contribution in [3.8, 4) is 11.8 Å². The zero-order valence-corrected chi connectivity index (χ0v) is 18.7. The summed E-state index contributed by atoms with van der Waals surface area (Å²) in [5.41, 5.74) is 7.20. The van der Waals surface area contributed by atoms with Crippen molar-refractivity contribution < 1.29 is 9.13 Å². The Labute approximate surface area is 199 Å². The quantitative estimate of drug-likeness (QED) is 0.375. The molecule has 168 valence electrons. The first kappa shape index (κ1) is 22.7. The molecule has 3 aromatic rings. The van der Waals surface area contributed by atoms with Gasteiger partial charge in [0.2, 0.25) is 5.95 Å². The fraction of sp³-hybridized carbons (Fsp3) is 0.227. The Hall–Kier alpha value is -3.48. The van der Waals surface area contributed by atoms with E-state index in [0.717, 1.165) is 19.0 Å². The second-order valence-corrected chi connectivity index (χ2v) is 8.20. The third-order valence-corrected chi connectivity index (χ3v) is 6.00. The number of nitrogen functional groups attached to an aromatic ring is 1. The molecule has 1 saturated heterocycles. The lowest BCUT2D eigenvalue weighted by atomic mass is 10.0. The first-order valence-electron chi connectivity index (χ1n) is 9.93. The van der Waals surface area contributed by atoms with Crippen molar-refractivity contribution in [1.82, 2.24) is 15.0 Å². The van der Waals surface area contributed by atoms with Crippen LogP contribution < -0.4 is 15.4 Å². The zero-order chi connectivity index (χ0) is 23.5. The second kappa shape index (κ2) is 9.57. The highest BCUT2D eigenvalue weighted by atomic mass is 35.5. The molecular formula is C22H18Cl2FN7O. The summed E-state index contributed by atoms with van der Waals surface area (Å²) in [5.74, 6) is -0.288. The summed E-state index contributed by atoms with van der Waals surface area (Å²) in [6.07, 6.45) is 7.17. The number of pyridine rings is 1. The minimum absolute atomic E-state index is 0.0149. The van der Waals surface area contributed by atoms with Gasteiger partial charge in [-0.15, -0.1) is 0 Å². The highest BCUT2D eigenvalue weighted by Crippen LogP contribution is 2.30. The maximum atomic E-state index is 14.5. The first-order chi connectivity index (χ1) is 15.9. The number of hydrogen-bond donors (Lipinski definition) is 2. The smallest absolute Gasteiger partial charge is 0.225 e. The second-order valence-electron chi connectivity index (χ2n) is 7.39. The Kier molecular flexibility index (Phi) is 6.58. The van der Waals surface area contributed by atoms with E-state index in [-0.39, 0.29) is 35.4 Å². The Bertz CT molecular complexity index is 1230. The van der Waals surface area contributed by atoms with Gasteiger partial charge in [-0.3, -0.25) is 10.4 Å². The van der Waals surface area contributed by atoms with Crippen molar-refractivity contribution >= 4 is 40.5 Å². The average molecular weight is 486 g/mol. The third kappa shape index (κ3) is 4.67. The predicted molar refractivity (Wildman–Crippen MR) is 123 cm³/mol. The Morgan fingerprint density at radius 2 is 1.94 bits per heavy atom. The minimum atomic E-state index is -0.682. The molecule has 0 aliphatic carbocycles. The number of nitrogens with zero attached hydrogens (tertiary/aromatic N) is 5. The predicted octanol–water partition coefficient (Wildman–Crippen LogP) is 4.39. The molecule has 2 aromatic heterocycles. The summed E-state index contributed by atoms with van der Waals surface area (Å²) in [7, 11) is 0. The maximum absolute atomic E-state index is 14.5. The van der Waals surface area contributed by atoms with Crippen LogP contribution in [0.5, 0.6) is 5.75 Å². The maximum Gasteiger partial charge on any atom is 0.225 e. The van der Waals surface area contributed by atoms with Crippen molar-refractivity contribution in [2.75, 3.05) is 17.2 Å². The Morgan fingerprint density at radius 1 is 1.24 bits per heavy atom. The van der Waals surface area contributed by atoms with Gasteiger partial charge >= 0.3 is 0 Å². The molecule has 3 heterocycles. The molecule has 0 radical (unpaired) electrons. The first-order valence-corrected chi connectivity index (χ1v) is 10.7. The molecular weight excluding hydrogens is 468 g/mol. The number of anilines is 2. The fourth-order valence-electron chi connectivity index (χ4n) is 3.40. The lowest BCUT2D eigenvalue weighted by molar-refractivity contribution is 0.290. The lowest BCUT2D eigenvalue weighted by Crippen LogP contribution is -2.48. The number of benzene rings is 1. The van der Waals surface area contributed by atoms with E-state index < -0.39 is 5.82 Å². The standard InChI is InChI=1S/C22H18Cl2FN7O/c23-16-9-29-10-17(24)15(16)11-33-20-5-14(19(27)6-18(20)25)21(28)12-7-30-22(31-8-12)32-4-2-13(32)1-3-26/h5-10,13,28H,1-2,4,11,27H2. The molecule has 1 aliphatic heterocycles. The number of nitriles is 1. The molecule has 0 saturated carbocycles. The van der Waals surface area contributed by atoms with Gasteiger partial charge in [0.15, 0.2) is 11.6 Å². The van der Waals surface area contributed by atoms with Crippen LogP contribution in [0.15, 0.2) is 36.9 Å². The number of halogens is 3. The topological polar surface area (TPSA) is 125 Å². The van der Waals surface area contributed by atoms with E-state index in [0.29, 0.717) is 33.5 Å². The van der Waals surface area contributed by atoms with Gasteiger partial charge in [0.1, 0.15) is 6.61 Å². The molecule has 33 heavy (non-hydrogen) atoms. The van der Waals surface area contributed by atoms with Gasteiger partial charge in [0, 0.05) is 65.8 Å². The molecule has 1 atom stereocenters. The number of aromatic nitrogens is 3. The summed E-state index contributed by atoms with van der Waals surface area (Å²) < 4.78 is 20.1. The number of nitrogens with one attached hydrogen (secondary N) is 1. The third-order valence-electron chi connectivity index (χ3n) is 5.35. The summed E-state index contributed by atoms with van der Waals surface area (Å²) >= 11 is 12.2. The number of ether oxygens (including phenoxy) is 1. The van der Waals surface area contributed by atoms with Crippen molar-refractivity contribution in [2.24, 2.45) is 0 Å². The van der Waals surface area contributed by atoms with Crippen LogP contribution in [0.25, 0.3) is 0 Å². The monoisotopic (exact) mass is 485 g/mol. The fourth-order valence-corrected chi connectivity index (χ4v) is 3.87. The van der Waals surface area contributed by atoms with Gasteiger partial charge in [-0.25, -0.2) is 14.4 Å². The number of rotatable bonds is 7. The molecule has 1 aliphatic rings. The van der Waals surface area contributed by atoms with E-state index in [4.69, 9.17) is 44.3 Å². The Balaban J connectivity index is 1.54. The van der Waals surface area contributed by atoms with Crippen LogP contribution >= 0.6 is 23.2 Å². The summed E-state index contributed by atoms with van der Waals surface area (Å²) in [6.45, 7) is 0.686. The number of nitrogens with two attached hydrogens (primary N) is 1. The largest absolute Gasteiger partial charge is 0.486 e. The molecule has 3 N–H and O–H groups in total. The van der Waals surface area contributed by atoms with Crippen LogP contribution in [-0.4, -0.2) is 33.3 Å². The van der Waals surface area contributed by atoms with E-state index in [1.165, 1.54) is 30.9 Å². The van der Waals surface area contributed by atoms with Gasteiger partial charge in [-0.1, -0.05) is 23.2 Å². The van der Waals surface area contributed by atoms with Crippen LogP contribution in [0.1, 0.15) is 29.5 Å². The summed E-state index contributed by atoms with van der Waals surface area (Å²) in [4.78, 5) is 14.5. The van der Waals surface area contributed by atoms with E-state index >= 15 is 0 Å². The van der Waals surface area contributed by atoms with E-state index in [1.807, 2.05) is 4.90 Å². The summed E-state index contributed by atoms with van der Waals surface area (Å²) in [5, 5.41) is 18.0. The van der Waals surface area contributed by atoms with E-state index in [1.54, 1.807) is 0 Å². The molecule has 11 heteroatoms. The van der Waals surface area contributed by atoms with E-state index in [2.05, 4.69) is 21.0 Å². The van der Waals surface area contributed by atoms with Crippen LogP contribution in [0, 0.1) is 22.6 Å².